The molecule has 1 saturated heterocycles. The van der Waals surface area contributed by atoms with Crippen LogP contribution in [0.25, 0.3) is 10.9 Å². The Morgan fingerprint density at radius 2 is 1.88 bits per heavy atom. The summed E-state index contributed by atoms with van der Waals surface area (Å²) in [6.07, 6.45) is 0.643. The van der Waals surface area contributed by atoms with Crippen LogP contribution in [0.15, 0.2) is 58.1 Å². The van der Waals surface area contributed by atoms with Gasteiger partial charge in [-0.3, -0.25) is 24.3 Å². The molecule has 1 N–H and O–H groups in total. The summed E-state index contributed by atoms with van der Waals surface area (Å²) in [7, 11) is 0. The predicted octanol–water partition coefficient (Wildman–Crippen LogP) is 2.27. The van der Waals surface area contributed by atoms with Crippen LogP contribution < -0.4 is 11.2 Å². The molecule has 2 aromatic carbocycles. The molecule has 1 aliphatic heterocycles. The molecule has 1 aromatic heterocycles. The number of hydrogen-bond donors (Lipinski definition) is 1. The van der Waals surface area contributed by atoms with Crippen molar-refractivity contribution in [1.82, 2.24) is 14.5 Å². The number of ether oxygens (including phenoxy) is 1. The number of carbonyl (C=O) groups excluding carboxylic acids is 1. The monoisotopic (exact) mass is 466 g/mol. The average molecular weight is 466 g/mol. The molecule has 0 spiro atoms. The van der Waals surface area contributed by atoms with Crippen molar-refractivity contribution in [2.75, 3.05) is 26.2 Å². The summed E-state index contributed by atoms with van der Waals surface area (Å²) in [5, 5.41) is 11.4. The van der Waals surface area contributed by atoms with Crippen LogP contribution >= 0.6 is 0 Å². The minimum atomic E-state index is -0.466. The van der Waals surface area contributed by atoms with Crippen LogP contribution in [-0.2, 0) is 16.1 Å². The van der Waals surface area contributed by atoms with E-state index in [1.165, 1.54) is 16.7 Å². The van der Waals surface area contributed by atoms with E-state index in [1.54, 1.807) is 43.3 Å². The molecule has 0 bridgehead atoms. The van der Waals surface area contributed by atoms with Crippen LogP contribution in [0, 0.1) is 16.0 Å². The van der Waals surface area contributed by atoms with Gasteiger partial charge in [0.25, 0.3) is 11.2 Å². The number of nitro benzene ring substituents is 1. The zero-order valence-corrected chi connectivity index (χ0v) is 18.8. The van der Waals surface area contributed by atoms with Gasteiger partial charge >= 0.3 is 11.7 Å². The van der Waals surface area contributed by atoms with Gasteiger partial charge in [-0.2, -0.15) is 0 Å². The molecule has 10 nitrogen and oxygen atoms in total. The molecule has 0 saturated carbocycles. The van der Waals surface area contributed by atoms with E-state index in [0.29, 0.717) is 37.0 Å². The molecular weight excluding hydrogens is 440 g/mol. The fourth-order valence-corrected chi connectivity index (χ4v) is 4.60. The number of esters is 1. The smallest absolute Gasteiger partial charge is 0.328 e. The maximum absolute atomic E-state index is 12.8. The fraction of sp³-hybridized carbons (Fsp3) is 0.375. The maximum Gasteiger partial charge on any atom is 0.328 e. The summed E-state index contributed by atoms with van der Waals surface area (Å²) in [5.74, 6) is -0.916. The Morgan fingerprint density at radius 1 is 1.15 bits per heavy atom. The Balaban J connectivity index is 1.51. The summed E-state index contributed by atoms with van der Waals surface area (Å²) < 4.78 is 6.49. The van der Waals surface area contributed by atoms with E-state index in [9.17, 15) is 24.5 Å². The molecule has 2 heterocycles. The Bertz CT molecular complexity index is 1310. The zero-order valence-electron chi connectivity index (χ0n) is 18.8. The summed E-state index contributed by atoms with van der Waals surface area (Å²) in [5.41, 5.74) is 0.541. The number of H-pyrrole nitrogens is 1. The van der Waals surface area contributed by atoms with Crippen LogP contribution in [0.5, 0.6) is 0 Å². The number of rotatable bonds is 7. The van der Waals surface area contributed by atoms with Gasteiger partial charge in [0, 0.05) is 31.8 Å². The van der Waals surface area contributed by atoms with Gasteiger partial charge in [-0.1, -0.05) is 24.3 Å². The lowest BCUT2D eigenvalue weighted by Gasteiger charge is -2.37. The molecule has 0 radical (unpaired) electrons. The Morgan fingerprint density at radius 3 is 2.59 bits per heavy atom. The Labute approximate surface area is 194 Å². The van der Waals surface area contributed by atoms with Crippen molar-refractivity contribution in [3.05, 3.63) is 85.0 Å². The molecule has 1 aliphatic rings. The molecule has 178 valence electrons. The first-order valence-corrected chi connectivity index (χ1v) is 11.2. The minimum absolute atomic E-state index is 0.0000745. The number of fused-ring (bicyclic) bond motifs is 1. The second-order valence-electron chi connectivity index (χ2n) is 8.34. The lowest BCUT2D eigenvalue weighted by Crippen LogP contribution is -2.46. The normalized spacial score (nSPS) is 18.6. The van der Waals surface area contributed by atoms with Crippen LogP contribution in [0.2, 0.25) is 0 Å². The number of para-hydroxylation sites is 1. The topological polar surface area (TPSA) is 128 Å². The summed E-state index contributed by atoms with van der Waals surface area (Å²) >= 11 is 0. The largest absolute Gasteiger partial charge is 0.466 e. The van der Waals surface area contributed by atoms with Crippen molar-refractivity contribution in [2.45, 2.75) is 25.8 Å². The highest BCUT2D eigenvalue weighted by atomic mass is 16.6. The highest BCUT2D eigenvalue weighted by Crippen LogP contribution is 2.34. The third-order valence-corrected chi connectivity index (χ3v) is 6.35. The molecule has 1 fully saturated rings. The van der Waals surface area contributed by atoms with Gasteiger partial charge in [-0.25, -0.2) is 4.79 Å². The zero-order chi connectivity index (χ0) is 24.2. The quantitative estimate of drug-likeness (QED) is 0.321. The van der Waals surface area contributed by atoms with E-state index in [1.807, 2.05) is 4.90 Å². The lowest BCUT2D eigenvalue weighted by molar-refractivity contribution is -0.384. The van der Waals surface area contributed by atoms with Gasteiger partial charge in [0.2, 0.25) is 0 Å². The van der Waals surface area contributed by atoms with Crippen molar-refractivity contribution in [3.8, 4) is 0 Å². The van der Waals surface area contributed by atoms with Crippen molar-refractivity contribution < 1.29 is 14.5 Å². The standard InChI is InChI=1S/C24H26N4O6/c1-2-34-23(30)20-15-26(12-11-18(20)16-7-9-17(10-8-16)28(32)33)13-14-27-22(29)19-5-3-4-6-21(19)25-24(27)31/h3-10,18,20H,2,11-15H2,1H3,(H,25,31). The molecule has 2 unspecified atom stereocenters. The molecule has 2 atom stereocenters. The summed E-state index contributed by atoms with van der Waals surface area (Å²) in [6.45, 7) is 3.67. The summed E-state index contributed by atoms with van der Waals surface area (Å²) in [4.78, 5) is 53.3. The molecular formula is C24H26N4O6. The fourth-order valence-electron chi connectivity index (χ4n) is 4.60. The van der Waals surface area contributed by atoms with Crippen molar-refractivity contribution in [3.63, 3.8) is 0 Å². The van der Waals surface area contributed by atoms with Crippen molar-refractivity contribution in [2.24, 2.45) is 5.92 Å². The summed E-state index contributed by atoms with van der Waals surface area (Å²) in [6, 6.07) is 13.2. The van der Waals surface area contributed by atoms with Gasteiger partial charge < -0.3 is 14.6 Å². The van der Waals surface area contributed by atoms with E-state index in [2.05, 4.69) is 4.98 Å². The first kappa shape index (κ1) is 23.4. The Kier molecular flexibility index (Phi) is 6.87. The predicted molar refractivity (Wildman–Crippen MR) is 126 cm³/mol. The number of benzene rings is 2. The van der Waals surface area contributed by atoms with E-state index in [4.69, 9.17) is 4.74 Å². The van der Waals surface area contributed by atoms with E-state index in [0.717, 1.165) is 5.56 Å². The third kappa shape index (κ3) is 4.76. The number of nitro groups is 1. The van der Waals surface area contributed by atoms with Crippen LogP contribution in [0.4, 0.5) is 5.69 Å². The van der Waals surface area contributed by atoms with Gasteiger partial charge in [0.15, 0.2) is 0 Å². The van der Waals surface area contributed by atoms with Crippen LogP contribution in [0.3, 0.4) is 0 Å². The maximum atomic E-state index is 12.8. The van der Waals surface area contributed by atoms with E-state index in [-0.39, 0.29) is 36.3 Å². The number of piperidine rings is 1. The van der Waals surface area contributed by atoms with Crippen LogP contribution in [0.1, 0.15) is 24.8 Å². The minimum Gasteiger partial charge on any atom is -0.466 e. The van der Waals surface area contributed by atoms with Gasteiger partial charge in [-0.15, -0.1) is 0 Å². The van der Waals surface area contributed by atoms with Gasteiger partial charge in [0.05, 0.1) is 28.4 Å². The number of non-ortho nitro benzene ring substituents is 1. The first-order chi connectivity index (χ1) is 16.4. The van der Waals surface area contributed by atoms with Crippen LogP contribution in [-0.4, -0.2) is 51.6 Å². The SMILES string of the molecule is CCOC(=O)C1CN(CCn2c(=O)[nH]c3ccccc3c2=O)CCC1c1ccc([N+](=O)[O-])cc1. The number of aromatic amines is 1. The average Bonchev–Trinajstić information content (AvgIpc) is 2.84. The lowest BCUT2D eigenvalue weighted by atomic mass is 9.80. The van der Waals surface area contributed by atoms with E-state index < -0.39 is 16.5 Å². The van der Waals surface area contributed by atoms with E-state index >= 15 is 0 Å². The number of carbonyl (C=O) groups is 1. The molecule has 34 heavy (non-hydrogen) atoms. The number of aromatic nitrogens is 2. The second-order valence-corrected chi connectivity index (χ2v) is 8.34. The highest BCUT2D eigenvalue weighted by molar-refractivity contribution is 5.77. The molecule has 0 amide bonds. The number of nitrogens with zero attached hydrogens (tertiary/aromatic N) is 3. The van der Waals surface area contributed by atoms with Crippen molar-refractivity contribution >= 4 is 22.6 Å². The molecule has 4 rings (SSSR count). The molecule has 0 aliphatic carbocycles. The van der Waals surface area contributed by atoms with Gasteiger partial charge in [0.1, 0.15) is 0 Å². The number of likely N-dealkylation sites (tertiary alicyclic amines) is 1. The van der Waals surface area contributed by atoms with Gasteiger partial charge in [-0.05, 0) is 43.5 Å². The third-order valence-electron chi connectivity index (χ3n) is 6.35. The number of hydrogen-bond acceptors (Lipinski definition) is 7. The second kappa shape index (κ2) is 10.0. The molecule has 3 aromatic rings. The molecule has 10 heteroatoms. The highest BCUT2D eigenvalue weighted by Gasteiger charge is 2.36. The number of nitrogens with one attached hydrogen (secondary N) is 1. The Hall–Kier alpha value is -3.79. The first-order valence-electron chi connectivity index (χ1n) is 11.2. The van der Waals surface area contributed by atoms with Crippen molar-refractivity contribution in [1.29, 1.82) is 0 Å².